The molecule has 1 amide bonds. The number of nitrogens with one attached hydrogen (secondary N) is 1. The van der Waals surface area contributed by atoms with Crippen LogP contribution in [0.5, 0.6) is 0 Å². The first-order chi connectivity index (χ1) is 16.5. The van der Waals surface area contributed by atoms with Crippen molar-refractivity contribution in [2.75, 3.05) is 24.2 Å². The maximum absolute atomic E-state index is 13.3. The average Bonchev–Trinajstić information content (AvgIpc) is 2.76. The van der Waals surface area contributed by atoms with Crippen molar-refractivity contribution in [2.24, 2.45) is 17.8 Å². The number of nitrogens with zero attached hydrogens (tertiary/aromatic N) is 3. The number of piperidine rings is 1. The van der Waals surface area contributed by atoms with Crippen molar-refractivity contribution in [1.82, 2.24) is 15.3 Å². The summed E-state index contributed by atoms with van der Waals surface area (Å²) < 4.78 is 24.0. The van der Waals surface area contributed by atoms with Gasteiger partial charge in [-0.1, -0.05) is 0 Å². The van der Waals surface area contributed by atoms with Gasteiger partial charge in [-0.05, 0) is 88.3 Å². The maximum Gasteiger partial charge on any atom is 0.226 e. The topological polar surface area (TPSA) is 112 Å². The van der Waals surface area contributed by atoms with Crippen LogP contribution in [-0.2, 0) is 14.6 Å². The van der Waals surface area contributed by atoms with Crippen LogP contribution in [0.2, 0.25) is 0 Å². The summed E-state index contributed by atoms with van der Waals surface area (Å²) in [6, 6.07) is 4.98. The number of hydrogen-bond acceptors (Lipinski definition) is 7. The summed E-state index contributed by atoms with van der Waals surface area (Å²) >= 11 is 0. The van der Waals surface area contributed by atoms with Crippen molar-refractivity contribution in [3.05, 3.63) is 23.9 Å². The van der Waals surface area contributed by atoms with E-state index in [1.807, 2.05) is 6.92 Å². The molecule has 2 aromatic rings. The SMILES string of the molecule is Cc1nc(N2CCC(C(=O)NC34C[C@@H]5C[C@@H](CC(O)(C5)C3)C4)CC2)nc2cc(S(C)(=O)=O)ccc12. The van der Waals surface area contributed by atoms with Crippen LogP contribution in [0.4, 0.5) is 5.95 Å². The van der Waals surface area contributed by atoms with Crippen LogP contribution in [0.25, 0.3) is 10.9 Å². The van der Waals surface area contributed by atoms with E-state index in [2.05, 4.69) is 20.2 Å². The molecular weight excluding hydrogens is 464 g/mol. The molecule has 2 unspecified atom stereocenters. The lowest BCUT2D eigenvalue weighted by atomic mass is 9.51. The number of carbonyl (C=O) groups is 1. The molecule has 0 spiro atoms. The molecule has 2 N–H and O–H groups in total. The molecule has 7 rings (SSSR count). The van der Waals surface area contributed by atoms with E-state index in [9.17, 15) is 18.3 Å². The van der Waals surface area contributed by atoms with E-state index in [4.69, 9.17) is 0 Å². The van der Waals surface area contributed by atoms with Crippen LogP contribution < -0.4 is 10.2 Å². The zero-order chi connectivity index (χ0) is 24.6. The van der Waals surface area contributed by atoms with E-state index in [1.54, 1.807) is 18.2 Å². The summed E-state index contributed by atoms with van der Waals surface area (Å²) in [4.78, 5) is 25.0. The van der Waals surface area contributed by atoms with Crippen LogP contribution in [0.3, 0.4) is 0 Å². The number of anilines is 1. The van der Waals surface area contributed by atoms with E-state index in [0.717, 1.165) is 49.6 Å². The molecule has 4 bridgehead atoms. The number of amides is 1. The predicted molar refractivity (Wildman–Crippen MR) is 133 cm³/mol. The Morgan fingerprint density at radius 1 is 1.11 bits per heavy atom. The molecule has 0 radical (unpaired) electrons. The van der Waals surface area contributed by atoms with Gasteiger partial charge in [0.15, 0.2) is 9.84 Å². The third kappa shape index (κ3) is 4.20. The molecule has 1 aromatic carbocycles. The third-order valence-corrected chi connectivity index (χ3v) is 9.95. The number of aliphatic hydroxyl groups is 1. The molecular formula is C26H34N4O4S. The van der Waals surface area contributed by atoms with Crippen LogP contribution in [-0.4, -0.2) is 59.9 Å². The quantitative estimate of drug-likeness (QED) is 0.667. The average molecular weight is 499 g/mol. The Morgan fingerprint density at radius 3 is 2.43 bits per heavy atom. The summed E-state index contributed by atoms with van der Waals surface area (Å²) in [6.45, 7) is 3.27. The Bertz CT molecular complexity index is 1290. The molecule has 5 fully saturated rings. The van der Waals surface area contributed by atoms with E-state index < -0.39 is 15.4 Å². The molecule has 35 heavy (non-hydrogen) atoms. The number of benzene rings is 1. The minimum absolute atomic E-state index is 0.0488. The molecule has 5 aliphatic rings. The highest BCUT2D eigenvalue weighted by atomic mass is 32.2. The van der Waals surface area contributed by atoms with Crippen LogP contribution in [0, 0.1) is 24.7 Å². The zero-order valence-electron chi connectivity index (χ0n) is 20.5. The lowest BCUT2D eigenvalue weighted by Gasteiger charge is -2.60. The number of hydrogen-bond donors (Lipinski definition) is 2. The molecule has 9 heteroatoms. The smallest absolute Gasteiger partial charge is 0.226 e. The van der Waals surface area contributed by atoms with Crippen LogP contribution in [0.1, 0.15) is 57.1 Å². The van der Waals surface area contributed by atoms with Crippen molar-refractivity contribution < 1.29 is 18.3 Å². The molecule has 8 nitrogen and oxygen atoms in total. The maximum atomic E-state index is 13.3. The van der Waals surface area contributed by atoms with Crippen molar-refractivity contribution in [3.63, 3.8) is 0 Å². The Kier molecular flexibility index (Phi) is 5.21. The minimum atomic E-state index is -3.32. The van der Waals surface area contributed by atoms with Gasteiger partial charge in [0.25, 0.3) is 0 Å². The molecule has 2 heterocycles. The van der Waals surface area contributed by atoms with Gasteiger partial charge in [0, 0.05) is 36.2 Å². The van der Waals surface area contributed by atoms with E-state index in [1.165, 1.54) is 12.7 Å². The number of rotatable bonds is 4. The van der Waals surface area contributed by atoms with Crippen molar-refractivity contribution in [3.8, 4) is 0 Å². The number of aromatic nitrogens is 2. The fourth-order valence-electron chi connectivity index (χ4n) is 7.69. The summed E-state index contributed by atoms with van der Waals surface area (Å²) in [7, 11) is -3.32. The second kappa shape index (κ2) is 7.87. The number of sulfone groups is 1. The van der Waals surface area contributed by atoms with Gasteiger partial charge in [-0.2, -0.15) is 0 Å². The van der Waals surface area contributed by atoms with Gasteiger partial charge in [0.1, 0.15) is 0 Å². The van der Waals surface area contributed by atoms with Crippen molar-refractivity contribution in [2.45, 2.75) is 74.3 Å². The highest BCUT2D eigenvalue weighted by Gasteiger charge is 2.57. The highest BCUT2D eigenvalue weighted by Crippen LogP contribution is 2.57. The van der Waals surface area contributed by atoms with E-state index in [0.29, 0.717) is 42.8 Å². The molecule has 1 saturated heterocycles. The largest absolute Gasteiger partial charge is 0.390 e. The first-order valence-corrected chi connectivity index (χ1v) is 14.7. The van der Waals surface area contributed by atoms with E-state index in [-0.39, 0.29) is 22.3 Å². The van der Waals surface area contributed by atoms with Gasteiger partial charge in [0.05, 0.1) is 21.7 Å². The standard InChI is InChI=1S/C26H34N4O4S/c1-16-21-4-3-20(35(2,33)34)10-22(21)28-24(27-16)30-7-5-19(6-8-30)23(31)29-25-11-17-9-18(12-25)14-26(32,13-17)15-25/h3-4,10,17-19,32H,5-9,11-15H2,1-2H3,(H,29,31)/t17-,18+,25?,26?. The van der Waals surface area contributed by atoms with Gasteiger partial charge >= 0.3 is 0 Å². The highest BCUT2D eigenvalue weighted by molar-refractivity contribution is 7.90. The third-order valence-electron chi connectivity index (χ3n) is 8.84. The van der Waals surface area contributed by atoms with E-state index >= 15 is 0 Å². The van der Waals surface area contributed by atoms with Crippen molar-refractivity contribution in [1.29, 1.82) is 0 Å². The van der Waals surface area contributed by atoms with Gasteiger partial charge in [-0.25, -0.2) is 18.4 Å². The first kappa shape index (κ1) is 23.2. The summed E-state index contributed by atoms with van der Waals surface area (Å²) in [5.41, 5.74) is 0.631. The van der Waals surface area contributed by atoms with Gasteiger partial charge in [-0.3, -0.25) is 4.79 Å². The lowest BCUT2D eigenvalue weighted by Crippen LogP contribution is -2.66. The number of aryl methyl sites for hydroxylation is 1. The molecule has 1 aliphatic heterocycles. The Morgan fingerprint density at radius 2 is 1.80 bits per heavy atom. The monoisotopic (exact) mass is 498 g/mol. The summed E-state index contributed by atoms with van der Waals surface area (Å²) in [5, 5.41) is 15.3. The predicted octanol–water partition coefficient (Wildman–Crippen LogP) is 2.76. The molecule has 1 aromatic heterocycles. The fourth-order valence-corrected chi connectivity index (χ4v) is 8.33. The number of fused-ring (bicyclic) bond motifs is 1. The Hall–Kier alpha value is -2.26. The summed E-state index contributed by atoms with van der Waals surface area (Å²) in [6.07, 6.45) is 8.37. The van der Waals surface area contributed by atoms with Crippen LogP contribution in [0.15, 0.2) is 23.1 Å². The first-order valence-electron chi connectivity index (χ1n) is 12.8. The second-order valence-corrected chi connectivity index (χ2v) is 13.8. The zero-order valence-corrected chi connectivity index (χ0v) is 21.3. The van der Waals surface area contributed by atoms with Gasteiger partial charge < -0.3 is 15.3 Å². The van der Waals surface area contributed by atoms with Gasteiger partial charge in [0.2, 0.25) is 11.9 Å². The number of carbonyl (C=O) groups excluding carboxylic acids is 1. The second-order valence-electron chi connectivity index (χ2n) is 11.8. The fraction of sp³-hybridized carbons (Fsp3) is 0.654. The Balaban J connectivity index is 1.14. The normalized spacial score (nSPS) is 32.8. The van der Waals surface area contributed by atoms with Crippen molar-refractivity contribution >= 4 is 32.6 Å². The van der Waals surface area contributed by atoms with Crippen LogP contribution >= 0.6 is 0 Å². The molecule has 4 aliphatic carbocycles. The lowest BCUT2D eigenvalue weighted by molar-refractivity contribution is -0.153. The molecule has 188 valence electrons. The molecule has 4 saturated carbocycles. The molecule has 4 atom stereocenters. The summed E-state index contributed by atoms with van der Waals surface area (Å²) in [5.74, 6) is 1.75. The minimum Gasteiger partial charge on any atom is -0.390 e. The van der Waals surface area contributed by atoms with Gasteiger partial charge in [-0.15, -0.1) is 0 Å². The Labute approximate surface area is 206 Å².